The number of amides is 1. The molecule has 5 heteroatoms. The number of rotatable bonds is 6. The van der Waals surface area contributed by atoms with Crippen molar-refractivity contribution in [2.24, 2.45) is 0 Å². The maximum absolute atomic E-state index is 12.1. The molecular formula is C17H17Cl2NO2. The smallest absolute Gasteiger partial charge is 0.251 e. The zero-order chi connectivity index (χ0) is 15.9. The predicted octanol–water partition coefficient (Wildman–Crippen LogP) is 4.33. The molecule has 0 aromatic heterocycles. The van der Waals surface area contributed by atoms with Crippen molar-refractivity contribution in [1.82, 2.24) is 5.32 Å². The number of carbonyl (C=O) groups is 1. The molecule has 1 atom stereocenters. The lowest BCUT2D eigenvalue weighted by Gasteiger charge is -2.14. The Morgan fingerprint density at radius 2 is 1.86 bits per heavy atom. The summed E-state index contributed by atoms with van der Waals surface area (Å²) in [4.78, 5) is 12.1. The third-order valence-corrected chi connectivity index (χ3v) is 3.78. The molecule has 0 unspecified atom stereocenters. The second kappa shape index (κ2) is 8.18. The number of ether oxygens (including phenoxy) is 1. The standard InChI is InChI=1S/C17H17Cl2NO2/c1-12(10-22-11-13-5-3-2-4-6-13)20-17(21)14-7-8-15(18)16(19)9-14/h2-9,12H,10-11H2,1H3,(H,20,21)/t12-/m1/s1. The van der Waals surface area contributed by atoms with Crippen LogP contribution in [-0.4, -0.2) is 18.6 Å². The normalized spacial score (nSPS) is 12.0. The molecule has 1 amide bonds. The van der Waals surface area contributed by atoms with Gasteiger partial charge in [0.25, 0.3) is 5.91 Å². The van der Waals surface area contributed by atoms with Gasteiger partial charge >= 0.3 is 0 Å². The van der Waals surface area contributed by atoms with Crippen molar-refractivity contribution in [2.75, 3.05) is 6.61 Å². The Morgan fingerprint density at radius 3 is 2.55 bits per heavy atom. The summed E-state index contributed by atoms with van der Waals surface area (Å²) in [6.45, 7) is 2.84. The zero-order valence-corrected chi connectivity index (χ0v) is 13.7. The van der Waals surface area contributed by atoms with E-state index in [1.807, 2.05) is 37.3 Å². The number of halogens is 2. The van der Waals surface area contributed by atoms with E-state index >= 15 is 0 Å². The number of benzene rings is 2. The van der Waals surface area contributed by atoms with E-state index < -0.39 is 0 Å². The van der Waals surface area contributed by atoms with Gasteiger partial charge in [0, 0.05) is 11.6 Å². The van der Waals surface area contributed by atoms with Gasteiger partial charge in [0.05, 0.1) is 23.3 Å². The molecule has 0 aliphatic heterocycles. The maximum Gasteiger partial charge on any atom is 0.251 e. The fourth-order valence-electron chi connectivity index (χ4n) is 1.91. The zero-order valence-electron chi connectivity index (χ0n) is 12.2. The summed E-state index contributed by atoms with van der Waals surface area (Å²) in [7, 11) is 0. The Bertz CT molecular complexity index is 632. The lowest BCUT2D eigenvalue weighted by atomic mass is 10.2. The largest absolute Gasteiger partial charge is 0.375 e. The third-order valence-electron chi connectivity index (χ3n) is 3.04. The Morgan fingerprint density at radius 1 is 1.14 bits per heavy atom. The molecule has 0 aliphatic rings. The van der Waals surface area contributed by atoms with Crippen molar-refractivity contribution < 1.29 is 9.53 Å². The highest BCUT2D eigenvalue weighted by atomic mass is 35.5. The monoisotopic (exact) mass is 337 g/mol. The van der Waals surface area contributed by atoms with Crippen LogP contribution in [0.25, 0.3) is 0 Å². The van der Waals surface area contributed by atoms with Crippen LogP contribution in [0.5, 0.6) is 0 Å². The van der Waals surface area contributed by atoms with Gasteiger partial charge in [-0.2, -0.15) is 0 Å². The van der Waals surface area contributed by atoms with Gasteiger partial charge in [0.2, 0.25) is 0 Å². The van der Waals surface area contributed by atoms with Gasteiger partial charge in [0.1, 0.15) is 0 Å². The molecule has 0 bridgehead atoms. The second-order valence-corrected chi connectivity index (χ2v) is 5.82. The second-order valence-electron chi connectivity index (χ2n) is 5.00. The summed E-state index contributed by atoms with van der Waals surface area (Å²) in [6.07, 6.45) is 0. The number of carbonyl (C=O) groups excluding carboxylic acids is 1. The summed E-state index contributed by atoms with van der Waals surface area (Å²) in [5.74, 6) is -0.200. The van der Waals surface area contributed by atoms with Gasteiger partial charge in [-0.3, -0.25) is 4.79 Å². The van der Waals surface area contributed by atoms with Crippen molar-refractivity contribution in [2.45, 2.75) is 19.6 Å². The minimum atomic E-state index is -0.200. The Hall–Kier alpha value is -1.55. The first kappa shape index (κ1) is 16.8. The quantitative estimate of drug-likeness (QED) is 0.851. The first-order valence-corrected chi connectivity index (χ1v) is 7.69. The summed E-state index contributed by atoms with van der Waals surface area (Å²) in [6, 6.07) is 14.6. The van der Waals surface area contributed by atoms with Gasteiger partial charge in [-0.25, -0.2) is 0 Å². The minimum absolute atomic E-state index is 0.106. The molecule has 116 valence electrons. The molecule has 0 fully saturated rings. The average Bonchev–Trinajstić information content (AvgIpc) is 2.51. The summed E-state index contributed by atoms with van der Waals surface area (Å²) in [5.41, 5.74) is 1.58. The lowest BCUT2D eigenvalue weighted by molar-refractivity contribution is 0.0820. The molecule has 0 saturated heterocycles. The average molecular weight is 338 g/mol. The summed E-state index contributed by atoms with van der Waals surface area (Å²) in [5, 5.41) is 3.65. The van der Waals surface area contributed by atoms with Crippen LogP contribution >= 0.6 is 23.2 Å². The molecule has 0 radical (unpaired) electrons. The molecule has 2 aromatic carbocycles. The first-order chi connectivity index (χ1) is 10.6. The Labute approximate surface area is 140 Å². The first-order valence-electron chi connectivity index (χ1n) is 6.94. The van der Waals surface area contributed by atoms with Crippen LogP contribution < -0.4 is 5.32 Å². The van der Waals surface area contributed by atoms with Gasteiger partial charge < -0.3 is 10.1 Å². The van der Waals surface area contributed by atoms with Crippen LogP contribution in [0.15, 0.2) is 48.5 Å². The topological polar surface area (TPSA) is 38.3 Å². The van der Waals surface area contributed by atoms with Crippen LogP contribution in [0.2, 0.25) is 10.0 Å². The van der Waals surface area contributed by atoms with E-state index in [0.717, 1.165) is 5.56 Å². The molecule has 3 nitrogen and oxygen atoms in total. The Balaban J connectivity index is 1.79. The van der Waals surface area contributed by atoms with E-state index in [4.69, 9.17) is 27.9 Å². The molecule has 0 saturated carbocycles. The highest BCUT2D eigenvalue weighted by Gasteiger charge is 2.11. The fraction of sp³-hybridized carbons (Fsp3) is 0.235. The third kappa shape index (κ3) is 5.02. The highest BCUT2D eigenvalue weighted by Crippen LogP contribution is 2.22. The van der Waals surface area contributed by atoms with Crippen LogP contribution in [-0.2, 0) is 11.3 Å². The van der Waals surface area contributed by atoms with Crippen molar-refractivity contribution in [1.29, 1.82) is 0 Å². The molecule has 0 aliphatic carbocycles. The molecule has 0 spiro atoms. The summed E-state index contributed by atoms with van der Waals surface area (Å²) >= 11 is 11.7. The van der Waals surface area contributed by atoms with E-state index in [2.05, 4.69) is 5.32 Å². The maximum atomic E-state index is 12.1. The number of hydrogen-bond donors (Lipinski definition) is 1. The molecule has 1 N–H and O–H groups in total. The van der Waals surface area contributed by atoms with E-state index in [-0.39, 0.29) is 11.9 Å². The highest BCUT2D eigenvalue weighted by molar-refractivity contribution is 6.42. The van der Waals surface area contributed by atoms with Gasteiger partial charge in [-0.1, -0.05) is 53.5 Å². The lowest BCUT2D eigenvalue weighted by Crippen LogP contribution is -2.35. The molecular weight excluding hydrogens is 321 g/mol. The van der Waals surface area contributed by atoms with Crippen molar-refractivity contribution >= 4 is 29.1 Å². The minimum Gasteiger partial charge on any atom is -0.375 e. The van der Waals surface area contributed by atoms with Crippen LogP contribution in [0, 0.1) is 0 Å². The predicted molar refractivity (Wildman–Crippen MR) is 89.5 cm³/mol. The summed E-state index contributed by atoms with van der Waals surface area (Å²) < 4.78 is 5.60. The SMILES string of the molecule is C[C@H](COCc1ccccc1)NC(=O)c1ccc(Cl)c(Cl)c1. The van der Waals surface area contributed by atoms with E-state index in [9.17, 15) is 4.79 Å². The van der Waals surface area contributed by atoms with Gasteiger partial charge in [0.15, 0.2) is 0 Å². The van der Waals surface area contributed by atoms with Crippen LogP contribution in [0.4, 0.5) is 0 Å². The van der Waals surface area contributed by atoms with E-state index in [0.29, 0.717) is 28.8 Å². The van der Waals surface area contributed by atoms with Gasteiger partial charge in [-0.15, -0.1) is 0 Å². The van der Waals surface area contributed by atoms with Crippen molar-refractivity contribution in [3.05, 3.63) is 69.7 Å². The van der Waals surface area contributed by atoms with Crippen LogP contribution in [0.1, 0.15) is 22.8 Å². The fourth-order valence-corrected chi connectivity index (χ4v) is 2.21. The molecule has 2 rings (SSSR count). The molecule has 22 heavy (non-hydrogen) atoms. The molecule has 2 aromatic rings. The number of hydrogen-bond acceptors (Lipinski definition) is 2. The van der Waals surface area contributed by atoms with Gasteiger partial charge in [-0.05, 0) is 30.7 Å². The molecule has 0 heterocycles. The van der Waals surface area contributed by atoms with E-state index in [1.54, 1.807) is 18.2 Å². The number of nitrogens with one attached hydrogen (secondary N) is 1. The van der Waals surface area contributed by atoms with Crippen LogP contribution in [0.3, 0.4) is 0 Å². The Kier molecular flexibility index (Phi) is 6.25. The van der Waals surface area contributed by atoms with Crippen molar-refractivity contribution in [3.8, 4) is 0 Å². The van der Waals surface area contributed by atoms with Crippen molar-refractivity contribution in [3.63, 3.8) is 0 Å². The van der Waals surface area contributed by atoms with E-state index in [1.165, 1.54) is 0 Å².